The molecule has 3 N–H and O–H groups in total. The molecule has 0 aliphatic heterocycles. The smallest absolute Gasteiger partial charge is 0.407 e. The van der Waals surface area contributed by atoms with Crippen molar-refractivity contribution in [2.24, 2.45) is 10.9 Å². The molecule has 28 heavy (non-hydrogen) atoms. The predicted molar refractivity (Wildman–Crippen MR) is 122 cm³/mol. The average Bonchev–Trinajstić information content (AvgIpc) is 3.06. The molecule has 1 aromatic heterocycles. The van der Waals surface area contributed by atoms with Crippen LogP contribution in [0.3, 0.4) is 0 Å². The molecule has 1 heterocycles. The van der Waals surface area contributed by atoms with E-state index in [-0.39, 0.29) is 30.0 Å². The van der Waals surface area contributed by atoms with Gasteiger partial charge in [0.05, 0.1) is 19.2 Å². The maximum Gasteiger partial charge on any atom is 0.407 e. The number of nitrogens with zero attached hydrogens (tertiary/aromatic N) is 4. The largest absolute Gasteiger partial charge is 0.450 e. The minimum absolute atomic E-state index is 0. The van der Waals surface area contributed by atoms with Gasteiger partial charge in [0.2, 0.25) is 0 Å². The van der Waals surface area contributed by atoms with Crippen LogP contribution in [0, 0.1) is 5.92 Å². The van der Waals surface area contributed by atoms with Gasteiger partial charge in [-0.15, -0.1) is 34.2 Å². The number of alkyl carbamates (subject to hydrolysis) is 1. The van der Waals surface area contributed by atoms with Crippen LogP contribution in [-0.2, 0) is 17.7 Å². The summed E-state index contributed by atoms with van der Waals surface area (Å²) in [4.78, 5) is 16.4. The van der Waals surface area contributed by atoms with Crippen molar-refractivity contribution in [1.29, 1.82) is 0 Å². The molecule has 1 unspecified atom stereocenters. The maximum absolute atomic E-state index is 11.7. The lowest BCUT2D eigenvalue weighted by molar-refractivity contribution is 0.147. The van der Waals surface area contributed by atoms with Gasteiger partial charge in [0.25, 0.3) is 0 Å². The van der Waals surface area contributed by atoms with E-state index < -0.39 is 6.09 Å². The van der Waals surface area contributed by atoms with Gasteiger partial charge in [-0.3, -0.25) is 4.99 Å². The molecular formula is C18H36IN7O2. The second-order valence-electron chi connectivity index (χ2n) is 6.63. The Labute approximate surface area is 185 Å². The summed E-state index contributed by atoms with van der Waals surface area (Å²) < 4.78 is 7.02. The molecule has 1 amide bonds. The molecule has 0 radical (unpaired) electrons. The number of rotatable bonds is 11. The zero-order valence-corrected chi connectivity index (χ0v) is 20.0. The number of aromatic nitrogens is 3. The highest BCUT2D eigenvalue weighted by Crippen LogP contribution is 2.05. The van der Waals surface area contributed by atoms with Crippen molar-refractivity contribution < 1.29 is 9.53 Å². The SMILES string of the molecule is CCNC(=NCC(CC(C)C)NC(=O)OCC)NCCn1cnnc1CC.I. The number of halogens is 1. The van der Waals surface area contributed by atoms with Crippen molar-refractivity contribution in [2.45, 2.75) is 60.0 Å². The van der Waals surface area contributed by atoms with Gasteiger partial charge in [0, 0.05) is 26.1 Å². The summed E-state index contributed by atoms with van der Waals surface area (Å²) in [5.41, 5.74) is 0. The van der Waals surface area contributed by atoms with E-state index in [0.29, 0.717) is 25.6 Å². The number of aryl methyl sites for hydroxylation is 1. The van der Waals surface area contributed by atoms with E-state index in [2.05, 4.69) is 51.9 Å². The fourth-order valence-electron chi connectivity index (χ4n) is 2.67. The first kappa shape index (κ1) is 26.4. The first-order valence-electron chi connectivity index (χ1n) is 9.82. The molecule has 1 aromatic rings. The molecular weight excluding hydrogens is 473 g/mol. The Morgan fingerprint density at radius 2 is 2.04 bits per heavy atom. The highest BCUT2D eigenvalue weighted by atomic mass is 127. The first-order chi connectivity index (χ1) is 13.0. The number of guanidine groups is 1. The summed E-state index contributed by atoms with van der Waals surface area (Å²) in [5.74, 6) is 2.14. The Morgan fingerprint density at radius 1 is 1.29 bits per heavy atom. The van der Waals surface area contributed by atoms with Crippen molar-refractivity contribution in [2.75, 3.05) is 26.2 Å². The van der Waals surface area contributed by atoms with E-state index in [1.54, 1.807) is 13.3 Å². The van der Waals surface area contributed by atoms with Crippen LogP contribution < -0.4 is 16.0 Å². The maximum atomic E-state index is 11.7. The number of nitrogens with one attached hydrogen (secondary N) is 3. The van der Waals surface area contributed by atoms with E-state index in [4.69, 9.17) is 4.74 Å². The third-order valence-corrected chi connectivity index (χ3v) is 3.82. The van der Waals surface area contributed by atoms with Gasteiger partial charge in [-0.05, 0) is 26.2 Å². The summed E-state index contributed by atoms with van der Waals surface area (Å²) in [6.07, 6.45) is 3.04. The van der Waals surface area contributed by atoms with E-state index in [0.717, 1.165) is 37.7 Å². The predicted octanol–water partition coefficient (Wildman–Crippen LogP) is 2.17. The number of hydrogen-bond donors (Lipinski definition) is 3. The van der Waals surface area contributed by atoms with Gasteiger partial charge in [-0.2, -0.15) is 0 Å². The molecule has 10 heteroatoms. The highest BCUT2D eigenvalue weighted by molar-refractivity contribution is 14.0. The lowest BCUT2D eigenvalue weighted by Gasteiger charge is -2.19. The fourth-order valence-corrected chi connectivity index (χ4v) is 2.67. The minimum atomic E-state index is -0.393. The molecule has 0 saturated heterocycles. The molecule has 0 saturated carbocycles. The van der Waals surface area contributed by atoms with Gasteiger partial charge in [-0.1, -0.05) is 20.8 Å². The van der Waals surface area contributed by atoms with Crippen LogP contribution in [0.4, 0.5) is 4.79 Å². The average molecular weight is 509 g/mol. The summed E-state index contributed by atoms with van der Waals surface area (Å²) in [5, 5.41) is 17.5. The summed E-state index contributed by atoms with van der Waals surface area (Å²) in [7, 11) is 0. The van der Waals surface area contributed by atoms with E-state index in [9.17, 15) is 4.79 Å². The van der Waals surface area contributed by atoms with Crippen molar-refractivity contribution in [3.63, 3.8) is 0 Å². The van der Waals surface area contributed by atoms with Crippen molar-refractivity contribution in [3.05, 3.63) is 12.2 Å². The van der Waals surface area contributed by atoms with Gasteiger partial charge < -0.3 is 25.3 Å². The summed E-state index contributed by atoms with van der Waals surface area (Å²) >= 11 is 0. The van der Waals surface area contributed by atoms with Gasteiger partial charge in [-0.25, -0.2) is 4.79 Å². The fraction of sp³-hybridized carbons (Fsp3) is 0.778. The van der Waals surface area contributed by atoms with Gasteiger partial charge >= 0.3 is 6.09 Å². The number of hydrogen-bond acceptors (Lipinski definition) is 5. The minimum Gasteiger partial charge on any atom is -0.450 e. The van der Waals surface area contributed by atoms with Gasteiger partial charge in [0.1, 0.15) is 12.2 Å². The number of carbonyl (C=O) groups is 1. The molecule has 0 aromatic carbocycles. The van der Waals surface area contributed by atoms with Crippen molar-refractivity contribution >= 4 is 36.0 Å². The third-order valence-electron chi connectivity index (χ3n) is 3.82. The Hall–Kier alpha value is -1.59. The van der Waals surface area contributed by atoms with Crippen LogP contribution in [0.1, 0.15) is 46.9 Å². The number of amides is 1. The Balaban J connectivity index is 0.00000729. The third kappa shape index (κ3) is 10.7. The lowest BCUT2D eigenvalue weighted by atomic mass is 10.0. The van der Waals surface area contributed by atoms with Crippen molar-refractivity contribution in [1.82, 2.24) is 30.7 Å². The Bertz CT molecular complexity index is 578. The van der Waals surface area contributed by atoms with E-state index >= 15 is 0 Å². The highest BCUT2D eigenvalue weighted by Gasteiger charge is 2.14. The monoisotopic (exact) mass is 509 g/mol. The molecule has 1 rings (SSSR count). The van der Waals surface area contributed by atoms with Crippen LogP contribution in [-0.4, -0.2) is 59.1 Å². The molecule has 162 valence electrons. The molecule has 1 atom stereocenters. The van der Waals surface area contributed by atoms with Crippen molar-refractivity contribution in [3.8, 4) is 0 Å². The molecule has 0 aliphatic carbocycles. The molecule has 9 nitrogen and oxygen atoms in total. The normalized spacial score (nSPS) is 12.3. The topological polar surface area (TPSA) is 105 Å². The Morgan fingerprint density at radius 3 is 2.64 bits per heavy atom. The number of ether oxygens (including phenoxy) is 1. The van der Waals surface area contributed by atoms with E-state index in [1.807, 2.05) is 11.5 Å². The molecule has 0 spiro atoms. The quantitative estimate of drug-likeness (QED) is 0.240. The van der Waals surface area contributed by atoms with Gasteiger partial charge in [0.15, 0.2) is 5.96 Å². The second kappa shape index (κ2) is 15.3. The molecule has 0 fully saturated rings. The zero-order chi connectivity index (χ0) is 20.1. The summed E-state index contributed by atoms with van der Waals surface area (Å²) in [6.45, 7) is 13.2. The molecule has 0 bridgehead atoms. The van der Waals surface area contributed by atoms with E-state index in [1.165, 1.54) is 0 Å². The first-order valence-corrected chi connectivity index (χ1v) is 9.82. The standard InChI is InChI=1S/C18H35N7O2.HI/c1-6-16-24-22-13-25(16)10-9-20-17(19-7-2)21-12-15(11-14(4)5)23-18(26)27-8-3;/h13-15H,6-12H2,1-5H3,(H,23,26)(H2,19,20,21);1H. The lowest BCUT2D eigenvalue weighted by Crippen LogP contribution is -2.42. The zero-order valence-electron chi connectivity index (χ0n) is 17.7. The molecule has 0 aliphatic rings. The summed E-state index contributed by atoms with van der Waals surface area (Å²) in [6, 6.07) is -0.0657. The van der Waals surface area contributed by atoms with Crippen LogP contribution in [0.15, 0.2) is 11.3 Å². The van der Waals surface area contributed by atoms with Crippen LogP contribution in [0.25, 0.3) is 0 Å². The van der Waals surface area contributed by atoms with Crippen LogP contribution in [0.2, 0.25) is 0 Å². The van der Waals surface area contributed by atoms with Crippen LogP contribution in [0.5, 0.6) is 0 Å². The Kier molecular flexibility index (Phi) is 14.5. The number of aliphatic imine (C=N–C) groups is 1. The van der Waals surface area contributed by atoms with Crippen LogP contribution >= 0.6 is 24.0 Å². The number of carbonyl (C=O) groups excluding carboxylic acids is 1. The second-order valence-corrected chi connectivity index (χ2v) is 6.63.